The molecule has 4 rings (SSSR count). The number of aliphatic hydroxyl groups is 1. The number of rotatable bonds is 5. The van der Waals surface area contributed by atoms with Crippen molar-refractivity contribution in [3.8, 4) is 11.1 Å². The Morgan fingerprint density at radius 3 is 2.54 bits per heavy atom. The molecule has 1 aliphatic carbocycles. The van der Waals surface area contributed by atoms with Gasteiger partial charge in [-0.15, -0.1) is 11.3 Å². The van der Waals surface area contributed by atoms with Crippen LogP contribution in [0.1, 0.15) is 38.3 Å². The second kappa shape index (κ2) is 6.93. The SMILES string of the molecule is CC(C)Cn1c(=O)n(C2CC2)c(=O)c2c(-c3ccc(F)c(CO)c3F)csc21. The van der Waals surface area contributed by atoms with Crippen molar-refractivity contribution in [2.75, 3.05) is 0 Å². The van der Waals surface area contributed by atoms with Gasteiger partial charge in [-0.05, 0) is 30.9 Å². The van der Waals surface area contributed by atoms with Crippen molar-refractivity contribution in [2.24, 2.45) is 5.92 Å². The van der Waals surface area contributed by atoms with Crippen molar-refractivity contribution >= 4 is 21.6 Å². The van der Waals surface area contributed by atoms with Crippen LogP contribution in [0, 0.1) is 17.6 Å². The maximum atomic E-state index is 14.8. The molecule has 0 atom stereocenters. The molecule has 5 nitrogen and oxygen atoms in total. The smallest absolute Gasteiger partial charge is 0.332 e. The first kappa shape index (κ1) is 19.0. The number of fused-ring (bicyclic) bond motifs is 1. The van der Waals surface area contributed by atoms with E-state index < -0.39 is 29.4 Å². The molecule has 8 heteroatoms. The number of thiophene rings is 1. The average Bonchev–Trinajstić information content (AvgIpc) is 3.37. The molecule has 2 aromatic heterocycles. The third-order valence-corrected chi connectivity index (χ3v) is 5.98. The minimum Gasteiger partial charge on any atom is -0.391 e. The van der Waals surface area contributed by atoms with Gasteiger partial charge in [0.05, 0.1) is 12.0 Å². The van der Waals surface area contributed by atoms with Gasteiger partial charge in [0, 0.05) is 34.7 Å². The zero-order chi connectivity index (χ0) is 20.2. The Balaban J connectivity index is 2.07. The monoisotopic (exact) mass is 406 g/mol. The molecule has 0 bridgehead atoms. The van der Waals surface area contributed by atoms with Gasteiger partial charge in [0.15, 0.2) is 0 Å². The van der Waals surface area contributed by atoms with Gasteiger partial charge in [-0.3, -0.25) is 13.9 Å². The number of nitrogens with zero attached hydrogens (tertiary/aromatic N) is 2. The van der Waals surface area contributed by atoms with Crippen LogP contribution in [-0.2, 0) is 13.2 Å². The van der Waals surface area contributed by atoms with Gasteiger partial charge in [0.25, 0.3) is 5.56 Å². The van der Waals surface area contributed by atoms with E-state index in [1.54, 1.807) is 9.95 Å². The first-order valence-electron chi connectivity index (χ1n) is 9.19. The number of halogens is 2. The van der Waals surface area contributed by atoms with Gasteiger partial charge >= 0.3 is 5.69 Å². The summed E-state index contributed by atoms with van der Waals surface area (Å²) in [5.41, 5.74) is -0.837. The second-order valence-electron chi connectivity index (χ2n) is 7.57. The van der Waals surface area contributed by atoms with Crippen LogP contribution in [0.5, 0.6) is 0 Å². The molecule has 28 heavy (non-hydrogen) atoms. The Labute approximate surface area is 163 Å². The van der Waals surface area contributed by atoms with E-state index in [2.05, 4.69) is 0 Å². The third kappa shape index (κ3) is 2.91. The molecule has 0 saturated heterocycles. The van der Waals surface area contributed by atoms with Crippen molar-refractivity contribution in [3.05, 3.63) is 55.5 Å². The maximum Gasteiger partial charge on any atom is 0.332 e. The number of aliphatic hydroxyl groups excluding tert-OH is 1. The predicted molar refractivity (Wildman–Crippen MR) is 105 cm³/mol. The van der Waals surface area contributed by atoms with Crippen LogP contribution in [-0.4, -0.2) is 14.2 Å². The molecular weight excluding hydrogens is 386 g/mol. The van der Waals surface area contributed by atoms with Gasteiger partial charge in [-0.2, -0.15) is 0 Å². The standard InChI is InChI=1S/C20H20F2N2O3S/c1-10(2)7-23-19-16(18(26)24(20(23)27)11-3-4-11)14(9-28-19)12-5-6-15(21)13(8-25)17(12)22/h5-6,9-11,25H,3-4,7-8H2,1-2H3. The summed E-state index contributed by atoms with van der Waals surface area (Å²) in [6.45, 7) is 3.62. The zero-order valence-electron chi connectivity index (χ0n) is 15.5. The third-order valence-electron chi connectivity index (χ3n) is 4.98. The fourth-order valence-electron chi connectivity index (χ4n) is 3.51. The van der Waals surface area contributed by atoms with Crippen LogP contribution in [0.2, 0.25) is 0 Å². The Morgan fingerprint density at radius 1 is 1.21 bits per heavy atom. The molecule has 1 N–H and O–H groups in total. The highest BCUT2D eigenvalue weighted by molar-refractivity contribution is 7.17. The van der Waals surface area contributed by atoms with Crippen LogP contribution in [0.3, 0.4) is 0 Å². The number of hydrogen-bond donors (Lipinski definition) is 1. The highest BCUT2D eigenvalue weighted by atomic mass is 32.1. The minimum absolute atomic E-state index is 0.0471. The van der Waals surface area contributed by atoms with Crippen molar-refractivity contribution in [1.29, 1.82) is 0 Å². The fraction of sp³-hybridized carbons (Fsp3) is 0.400. The Morgan fingerprint density at radius 2 is 1.93 bits per heavy atom. The molecule has 1 aromatic carbocycles. The van der Waals surface area contributed by atoms with Gasteiger partial charge in [0.2, 0.25) is 0 Å². The zero-order valence-corrected chi connectivity index (χ0v) is 16.4. The molecular formula is C20H20F2N2O3S. The molecule has 0 unspecified atom stereocenters. The van der Waals surface area contributed by atoms with E-state index in [0.717, 1.165) is 18.9 Å². The molecule has 0 aliphatic heterocycles. The summed E-state index contributed by atoms with van der Waals surface area (Å²) in [6, 6.07) is 2.22. The van der Waals surface area contributed by atoms with Crippen LogP contribution in [0.25, 0.3) is 21.3 Å². The Hall–Kier alpha value is -2.32. The lowest BCUT2D eigenvalue weighted by molar-refractivity contribution is 0.269. The maximum absolute atomic E-state index is 14.8. The summed E-state index contributed by atoms with van der Waals surface area (Å²) >= 11 is 1.20. The van der Waals surface area contributed by atoms with Crippen LogP contribution in [0.15, 0.2) is 27.1 Å². The summed E-state index contributed by atoms with van der Waals surface area (Å²) in [7, 11) is 0. The summed E-state index contributed by atoms with van der Waals surface area (Å²) in [4.78, 5) is 26.6. The summed E-state index contributed by atoms with van der Waals surface area (Å²) in [6.07, 6.45) is 1.53. The minimum atomic E-state index is -0.888. The van der Waals surface area contributed by atoms with Crippen molar-refractivity contribution in [2.45, 2.75) is 45.9 Å². The van der Waals surface area contributed by atoms with Crippen LogP contribution >= 0.6 is 11.3 Å². The molecule has 0 amide bonds. The molecule has 2 heterocycles. The van der Waals surface area contributed by atoms with E-state index in [-0.39, 0.29) is 28.6 Å². The molecule has 1 saturated carbocycles. The van der Waals surface area contributed by atoms with Gasteiger partial charge < -0.3 is 5.11 Å². The molecule has 0 spiro atoms. The Bertz CT molecular complexity index is 1190. The van der Waals surface area contributed by atoms with Crippen molar-refractivity contribution in [1.82, 2.24) is 9.13 Å². The van der Waals surface area contributed by atoms with Crippen LogP contribution < -0.4 is 11.2 Å². The van der Waals surface area contributed by atoms with E-state index >= 15 is 0 Å². The highest BCUT2D eigenvalue weighted by Crippen LogP contribution is 2.37. The second-order valence-corrected chi connectivity index (χ2v) is 8.43. The predicted octanol–water partition coefficient (Wildman–Crippen LogP) is 3.65. The average molecular weight is 406 g/mol. The van der Waals surface area contributed by atoms with Gasteiger partial charge in [-0.25, -0.2) is 13.6 Å². The number of hydrogen-bond acceptors (Lipinski definition) is 4. The van der Waals surface area contributed by atoms with E-state index in [0.29, 0.717) is 16.9 Å². The first-order valence-corrected chi connectivity index (χ1v) is 10.1. The molecule has 148 valence electrons. The fourth-order valence-corrected chi connectivity index (χ4v) is 4.58. The lowest BCUT2D eigenvalue weighted by Crippen LogP contribution is -2.40. The lowest BCUT2D eigenvalue weighted by atomic mass is 10.0. The normalized spacial score (nSPS) is 14.4. The Kier molecular flexibility index (Phi) is 4.71. The lowest BCUT2D eigenvalue weighted by Gasteiger charge is -2.14. The summed E-state index contributed by atoms with van der Waals surface area (Å²) < 4.78 is 31.5. The first-order chi connectivity index (χ1) is 13.3. The van der Waals surface area contributed by atoms with Crippen molar-refractivity contribution in [3.63, 3.8) is 0 Å². The highest BCUT2D eigenvalue weighted by Gasteiger charge is 2.30. The molecule has 3 aromatic rings. The quantitative estimate of drug-likeness (QED) is 0.703. The molecule has 1 aliphatic rings. The van der Waals surface area contributed by atoms with Crippen LogP contribution in [0.4, 0.5) is 8.78 Å². The van der Waals surface area contributed by atoms with Gasteiger partial charge in [0.1, 0.15) is 16.5 Å². The summed E-state index contributed by atoms with van der Waals surface area (Å²) in [5, 5.41) is 11.2. The number of benzene rings is 1. The van der Waals surface area contributed by atoms with E-state index in [9.17, 15) is 23.5 Å². The summed E-state index contributed by atoms with van der Waals surface area (Å²) in [5.74, 6) is -1.54. The molecule has 0 radical (unpaired) electrons. The topological polar surface area (TPSA) is 64.2 Å². The number of aromatic nitrogens is 2. The molecule has 1 fully saturated rings. The largest absolute Gasteiger partial charge is 0.391 e. The van der Waals surface area contributed by atoms with Crippen molar-refractivity contribution < 1.29 is 13.9 Å². The van der Waals surface area contributed by atoms with Gasteiger partial charge in [-0.1, -0.05) is 13.8 Å². The van der Waals surface area contributed by atoms with E-state index in [1.165, 1.54) is 22.0 Å². The van der Waals surface area contributed by atoms with E-state index in [1.807, 2.05) is 13.8 Å². The van der Waals surface area contributed by atoms with E-state index in [4.69, 9.17) is 0 Å².